The molecule has 4 aromatic rings. The minimum absolute atomic E-state index is 0.0499. The lowest BCUT2D eigenvalue weighted by atomic mass is 10.1. The number of rotatable bonds is 7. The Kier molecular flexibility index (Phi) is 6.03. The van der Waals surface area contributed by atoms with E-state index >= 15 is 0 Å². The number of pyridine rings is 2. The van der Waals surface area contributed by atoms with Gasteiger partial charge in [-0.25, -0.2) is 13.8 Å². The van der Waals surface area contributed by atoms with E-state index in [2.05, 4.69) is 40.5 Å². The van der Waals surface area contributed by atoms with Crippen LogP contribution in [0.4, 0.5) is 31.7 Å². The number of alkyl halides is 2. The molecule has 12 heteroatoms. The number of benzene rings is 1. The van der Waals surface area contributed by atoms with Crippen LogP contribution < -0.4 is 10.1 Å². The van der Waals surface area contributed by atoms with Crippen molar-refractivity contribution in [2.24, 2.45) is 12.0 Å². The number of ether oxygens (including phenoxy) is 1. The number of aromatic nitrogens is 6. The second kappa shape index (κ2) is 9.46. The molecule has 0 bridgehead atoms. The van der Waals surface area contributed by atoms with Gasteiger partial charge >= 0.3 is 0 Å². The Bertz CT molecular complexity index is 1520. The fraction of sp³-hybridized carbons (Fsp3) is 0.208. The molecule has 0 radical (unpaired) electrons. The number of hydrogen-bond acceptors (Lipinski definition) is 8. The molecule has 1 aliphatic heterocycles. The van der Waals surface area contributed by atoms with Gasteiger partial charge in [0.1, 0.15) is 11.4 Å². The Labute approximate surface area is 204 Å². The van der Waals surface area contributed by atoms with Crippen LogP contribution in [0.3, 0.4) is 0 Å². The highest BCUT2D eigenvalue weighted by atomic mass is 19.3. The van der Waals surface area contributed by atoms with Crippen LogP contribution in [-0.2, 0) is 19.9 Å². The average Bonchev–Trinajstić information content (AvgIpc) is 3.50. The summed E-state index contributed by atoms with van der Waals surface area (Å²) in [7, 11) is 3.18. The van der Waals surface area contributed by atoms with Crippen LogP contribution in [0.5, 0.6) is 5.75 Å². The fourth-order valence-electron chi connectivity index (χ4n) is 3.95. The molecule has 3 aromatic heterocycles. The molecule has 180 valence electrons. The van der Waals surface area contributed by atoms with E-state index in [9.17, 15) is 8.78 Å². The number of hydrogen-bond donors (Lipinski definition) is 1. The number of anilines is 2. The van der Waals surface area contributed by atoms with E-state index in [0.717, 1.165) is 0 Å². The average molecular weight is 487 g/mol. The quantitative estimate of drug-likeness (QED) is 0.384. The minimum Gasteiger partial charge on any atom is -0.494 e. The summed E-state index contributed by atoms with van der Waals surface area (Å²) in [6, 6.07) is 12.3. The molecule has 0 atom stereocenters. The molecule has 0 saturated carbocycles. The van der Waals surface area contributed by atoms with Crippen LogP contribution in [0.15, 0.2) is 47.5 Å². The zero-order valence-electron chi connectivity index (χ0n) is 19.3. The highest BCUT2D eigenvalue weighted by Crippen LogP contribution is 2.41. The van der Waals surface area contributed by atoms with Crippen molar-refractivity contribution in [1.29, 1.82) is 0 Å². The maximum atomic E-state index is 13.5. The van der Waals surface area contributed by atoms with E-state index in [4.69, 9.17) is 11.3 Å². The van der Waals surface area contributed by atoms with Gasteiger partial charge in [0.25, 0.3) is 12.2 Å². The molecule has 1 aromatic carbocycles. The summed E-state index contributed by atoms with van der Waals surface area (Å²) in [5.41, 5.74) is 3.46. The fourth-order valence-corrected chi connectivity index (χ4v) is 3.95. The van der Waals surface area contributed by atoms with Gasteiger partial charge in [0, 0.05) is 6.42 Å². The maximum Gasteiger partial charge on any atom is 0.277 e. The molecule has 0 unspecified atom stereocenters. The molecular weight excluding hydrogens is 468 g/mol. The number of para-hydroxylation sites is 1. The lowest BCUT2D eigenvalue weighted by Gasteiger charge is -2.16. The summed E-state index contributed by atoms with van der Waals surface area (Å²) in [4.78, 5) is 17.8. The van der Waals surface area contributed by atoms with E-state index in [-0.39, 0.29) is 18.0 Å². The standard InChI is InChI=1S/C24H19F2N9O/c1-27-20-9-4-6-13(29-20)10-14-11-17(21-18(28-14)12-19(31-21)23(25)26)30-16-8-5-7-15(22(16)36-3)24-32-34-35(2)33-24/h4-9,11,23H,10,12H2,2-3H3,(H,28,30). The van der Waals surface area contributed by atoms with Crippen molar-refractivity contribution in [1.82, 2.24) is 30.2 Å². The Morgan fingerprint density at radius 1 is 1.14 bits per heavy atom. The Balaban J connectivity index is 1.56. The van der Waals surface area contributed by atoms with Gasteiger partial charge in [0.15, 0.2) is 5.75 Å². The van der Waals surface area contributed by atoms with Crippen LogP contribution in [-0.4, -0.2) is 49.4 Å². The third-order valence-corrected chi connectivity index (χ3v) is 5.48. The summed E-state index contributed by atoms with van der Waals surface area (Å²) >= 11 is 0. The van der Waals surface area contributed by atoms with Crippen LogP contribution >= 0.6 is 0 Å². The van der Waals surface area contributed by atoms with Gasteiger partial charge in [-0.3, -0.25) is 4.98 Å². The van der Waals surface area contributed by atoms with Crippen molar-refractivity contribution < 1.29 is 13.5 Å². The van der Waals surface area contributed by atoms with Gasteiger partial charge in [-0.15, -0.1) is 15.2 Å². The molecule has 0 spiro atoms. The molecule has 0 aliphatic carbocycles. The Hall–Kier alpha value is -4.79. The highest BCUT2D eigenvalue weighted by molar-refractivity contribution is 5.98. The summed E-state index contributed by atoms with van der Waals surface area (Å²) in [6.07, 6.45) is -2.42. The number of aryl methyl sites for hydroxylation is 1. The zero-order chi connectivity index (χ0) is 25.2. The first kappa shape index (κ1) is 23.0. The molecule has 36 heavy (non-hydrogen) atoms. The summed E-state index contributed by atoms with van der Waals surface area (Å²) < 4.78 is 32.6. The summed E-state index contributed by atoms with van der Waals surface area (Å²) in [5.74, 6) is 1.11. The van der Waals surface area contributed by atoms with E-state index in [1.165, 1.54) is 11.9 Å². The van der Waals surface area contributed by atoms with Crippen molar-refractivity contribution >= 4 is 28.6 Å². The lowest BCUT2D eigenvalue weighted by Crippen LogP contribution is -2.10. The maximum absolute atomic E-state index is 13.5. The van der Waals surface area contributed by atoms with Crippen molar-refractivity contribution in [3.05, 3.63) is 71.0 Å². The topological polar surface area (TPSA) is 107 Å². The van der Waals surface area contributed by atoms with Crippen molar-refractivity contribution in [2.75, 3.05) is 12.4 Å². The predicted molar refractivity (Wildman–Crippen MR) is 128 cm³/mol. The first-order valence-corrected chi connectivity index (χ1v) is 10.9. The normalized spacial score (nSPS) is 12.3. The molecule has 0 saturated heterocycles. The molecule has 1 N–H and O–H groups in total. The highest BCUT2D eigenvalue weighted by Gasteiger charge is 2.27. The summed E-state index contributed by atoms with van der Waals surface area (Å²) in [5, 5.41) is 15.5. The molecule has 1 aliphatic rings. The van der Waals surface area contributed by atoms with Crippen molar-refractivity contribution in [2.45, 2.75) is 19.3 Å². The van der Waals surface area contributed by atoms with Gasteiger partial charge in [0.05, 0.1) is 54.6 Å². The Morgan fingerprint density at radius 3 is 2.69 bits per heavy atom. The molecule has 4 heterocycles. The molecule has 0 amide bonds. The number of nitrogens with one attached hydrogen (secondary N) is 1. The van der Waals surface area contributed by atoms with Gasteiger partial charge in [-0.05, 0) is 35.5 Å². The van der Waals surface area contributed by atoms with Gasteiger partial charge < -0.3 is 14.9 Å². The molecular formula is C24H19F2N9O. The third-order valence-electron chi connectivity index (χ3n) is 5.48. The number of methoxy groups -OCH3 is 1. The van der Waals surface area contributed by atoms with E-state index in [1.807, 2.05) is 0 Å². The largest absolute Gasteiger partial charge is 0.494 e. The van der Waals surface area contributed by atoms with Gasteiger partial charge in [-0.1, -0.05) is 18.7 Å². The lowest BCUT2D eigenvalue weighted by molar-refractivity contribution is 0.224. The van der Waals surface area contributed by atoms with Crippen molar-refractivity contribution in [3.8, 4) is 17.1 Å². The van der Waals surface area contributed by atoms with Crippen LogP contribution in [0.2, 0.25) is 0 Å². The van der Waals surface area contributed by atoms with E-state index in [1.54, 1.807) is 49.5 Å². The third kappa shape index (κ3) is 4.46. The number of aliphatic imine (C=N–C) groups is 1. The second-order valence-electron chi connectivity index (χ2n) is 7.93. The Morgan fingerprint density at radius 2 is 1.97 bits per heavy atom. The van der Waals surface area contributed by atoms with Crippen molar-refractivity contribution in [3.63, 3.8) is 0 Å². The van der Waals surface area contributed by atoms with E-state index in [0.29, 0.717) is 57.7 Å². The predicted octanol–water partition coefficient (Wildman–Crippen LogP) is 4.45. The first-order valence-electron chi connectivity index (χ1n) is 10.9. The second-order valence-corrected chi connectivity index (χ2v) is 7.93. The molecule has 10 nitrogen and oxygen atoms in total. The monoisotopic (exact) mass is 487 g/mol. The first-order chi connectivity index (χ1) is 17.4. The zero-order valence-corrected chi connectivity index (χ0v) is 19.3. The van der Waals surface area contributed by atoms with Gasteiger partial charge in [0.2, 0.25) is 5.82 Å². The number of halogens is 2. The summed E-state index contributed by atoms with van der Waals surface area (Å²) in [6.45, 7) is 7.19. The van der Waals surface area contributed by atoms with Crippen LogP contribution in [0.25, 0.3) is 16.2 Å². The van der Waals surface area contributed by atoms with E-state index < -0.39 is 6.43 Å². The molecule has 0 fully saturated rings. The number of tetrazole rings is 1. The van der Waals surface area contributed by atoms with Gasteiger partial charge in [-0.2, -0.15) is 4.80 Å². The number of fused-ring (bicyclic) bond motifs is 1. The van der Waals surface area contributed by atoms with Crippen LogP contribution in [0, 0.1) is 6.57 Å². The SMILES string of the molecule is [C-]#[N+]c1cccc(Cc2cc(Nc3cccc(-c4nnn(C)n4)c3OC)c3c(n2)CC(C(F)F)=N3)n1. The van der Waals surface area contributed by atoms with Crippen LogP contribution in [0.1, 0.15) is 17.1 Å². The number of nitrogens with zero attached hydrogens (tertiary/aromatic N) is 8. The smallest absolute Gasteiger partial charge is 0.277 e. The minimum atomic E-state index is -2.69. The molecule has 5 rings (SSSR count).